The molecule has 0 aliphatic heterocycles. The molecule has 2 aromatic rings. The van der Waals surface area contributed by atoms with E-state index in [0.29, 0.717) is 11.7 Å². The van der Waals surface area contributed by atoms with Gasteiger partial charge in [-0.2, -0.15) is 4.98 Å². The van der Waals surface area contributed by atoms with Crippen molar-refractivity contribution in [3.8, 4) is 0 Å². The van der Waals surface area contributed by atoms with E-state index in [9.17, 15) is 0 Å². The lowest BCUT2D eigenvalue weighted by Crippen LogP contribution is -2.34. The normalized spacial score (nSPS) is 18.4. The molecule has 1 saturated carbocycles. The van der Waals surface area contributed by atoms with E-state index in [4.69, 9.17) is 10.3 Å². The van der Waals surface area contributed by atoms with Gasteiger partial charge in [0, 0.05) is 22.6 Å². The zero-order valence-corrected chi connectivity index (χ0v) is 14.1. The van der Waals surface area contributed by atoms with E-state index in [-0.39, 0.29) is 5.41 Å². The molecule has 1 aliphatic rings. The number of rotatable bonds is 3. The summed E-state index contributed by atoms with van der Waals surface area (Å²) in [7, 11) is 0. The average molecular weight is 318 g/mol. The molecule has 1 aliphatic carbocycles. The summed E-state index contributed by atoms with van der Waals surface area (Å²) in [6, 6.07) is 0. The molecular formula is C16H22N4OS. The second-order valence-electron chi connectivity index (χ2n) is 6.97. The van der Waals surface area contributed by atoms with Crippen molar-refractivity contribution in [3.05, 3.63) is 27.8 Å². The highest BCUT2D eigenvalue weighted by Gasteiger charge is 2.35. The van der Waals surface area contributed by atoms with Crippen molar-refractivity contribution in [1.82, 2.24) is 15.1 Å². The molecule has 118 valence electrons. The van der Waals surface area contributed by atoms with Crippen LogP contribution < -0.4 is 5.73 Å². The van der Waals surface area contributed by atoms with Crippen molar-refractivity contribution in [2.24, 2.45) is 5.73 Å². The van der Waals surface area contributed by atoms with Crippen LogP contribution in [-0.4, -0.2) is 15.1 Å². The van der Waals surface area contributed by atoms with Crippen molar-refractivity contribution in [3.63, 3.8) is 0 Å². The van der Waals surface area contributed by atoms with Crippen LogP contribution in [0.1, 0.15) is 68.1 Å². The van der Waals surface area contributed by atoms with Gasteiger partial charge < -0.3 is 10.3 Å². The lowest BCUT2D eigenvalue weighted by molar-refractivity contribution is 0.364. The lowest BCUT2D eigenvalue weighted by atomic mass is 9.98. The van der Waals surface area contributed by atoms with Crippen LogP contribution in [0.3, 0.4) is 0 Å². The molecule has 0 saturated heterocycles. The van der Waals surface area contributed by atoms with Gasteiger partial charge >= 0.3 is 0 Å². The summed E-state index contributed by atoms with van der Waals surface area (Å²) < 4.78 is 5.29. The second kappa shape index (κ2) is 5.59. The molecule has 2 aromatic heterocycles. The van der Waals surface area contributed by atoms with Crippen LogP contribution in [0.2, 0.25) is 0 Å². The Hall–Kier alpha value is -1.53. The minimum Gasteiger partial charge on any atom is -0.335 e. The van der Waals surface area contributed by atoms with Gasteiger partial charge in [-0.25, -0.2) is 4.98 Å². The van der Waals surface area contributed by atoms with Gasteiger partial charge in [0.05, 0.1) is 10.5 Å². The van der Waals surface area contributed by atoms with Crippen LogP contribution in [-0.2, 0) is 11.0 Å². The Labute approximate surface area is 134 Å². The Balaban J connectivity index is 1.73. The minimum absolute atomic E-state index is 0.0722. The van der Waals surface area contributed by atoms with E-state index >= 15 is 0 Å². The molecule has 2 heterocycles. The van der Waals surface area contributed by atoms with Gasteiger partial charge in [-0.1, -0.05) is 38.8 Å². The van der Waals surface area contributed by atoms with E-state index in [1.165, 1.54) is 0 Å². The fourth-order valence-electron chi connectivity index (χ4n) is 2.60. The topological polar surface area (TPSA) is 77.8 Å². The number of thiazole rings is 1. The van der Waals surface area contributed by atoms with E-state index in [1.54, 1.807) is 11.3 Å². The highest BCUT2D eigenvalue weighted by Crippen LogP contribution is 2.34. The summed E-state index contributed by atoms with van der Waals surface area (Å²) in [6.45, 7) is 6.48. The van der Waals surface area contributed by atoms with E-state index < -0.39 is 5.54 Å². The van der Waals surface area contributed by atoms with Crippen molar-refractivity contribution in [2.75, 3.05) is 0 Å². The zero-order chi connectivity index (χ0) is 15.8. The molecule has 0 aromatic carbocycles. The van der Waals surface area contributed by atoms with Crippen molar-refractivity contribution >= 4 is 23.5 Å². The standard InChI is InChI=1S/C16H22N4OS/c1-15(2,3)14-18-10-11(22-14)6-7-12-19-13(20-21-12)16(17)8-4-5-9-16/h6-7,10H,4-5,8-9,17H2,1-3H3/b7-6+. The van der Waals surface area contributed by atoms with Gasteiger partial charge in [-0.05, 0) is 18.9 Å². The summed E-state index contributed by atoms with van der Waals surface area (Å²) in [6.07, 6.45) is 9.79. The molecule has 22 heavy (non-hydrogen) atoms. The number of aromatic nitrogens is 3. The molecule has 1 fully saturated rings. The highest BCUT2D eigenvalue weighted by atomic mass is 32.1. The van der Waals surface area contributed by atoms with E-state index in [0.717, 1.165) is 35.6 Å². The smallest absolute Gasteiger partial charge is 0.250 e. The zero-order valence-electron chi connectivity index (χ0n) is 13.3. The highest BCUT2D eigenvalue weighted by molar-refractivity contribution is 7.12. The van der Waals surface area contributed by atoms with Gasteiger partial charge in [-0.3, -0.25) is 0 Å². The maximum atomic E-state index is 6.34. The molecule has 3 rings (SSSR count). The Morgan fingerprint density at radius 1 is 1.27 bits per heavy atom. The third kappa shape index (κ3) is 3.13. The summed E-state index contributed by atoms with van der Waals surface area (Å²) in [4.78, 5) is 9.97. The van der Waals surface area contributed by atoms with Crippen molar-refractivity contribution in [1.29, 1.82) is 0 Å². The Bertz CT molecular complexity index is 674. The quantitative estimate of drug-likeness (QED) is 0.933. The Morgan fingerprint density at radius 2 is 2.00 bits per heavy atom. The third-order valence-electron chi connectivity index (χ3n) is 3.94. The largest absolute Gasteiger partial charge is 0.335 e. The summed E-state index contributed by atoms with van der Waals surface area (Å²) in [5.74, 6) is 1.13. The number of nitrogens with two attached hydrogens (primary N) is 1. The fourth-order valence-corrected chi connectivity index (χ4v) is 3.47. The molecule has 0 spiro atoms. The first-order valence-electron chi connectivity index (χ1n) is 7.64. The van der Waals surface area contributed by atoms with E-state index in [2.05, 4.69) is 35.9 Å². The molecule has 2 N–H and O–H groups in total. The number of hydrogen-bond donors (Lipinski definition) is 1. The first kappa shape index (κ1) is 15.4. The third-order valence-corrected chi connectivity index (χ3v) is 5.33. The van der Waals surface area contributed by atoms with Crippen LogP contribution in [0.4, 0.5) is 0 Å². The van der Waals surface area contributed by atoms with Crippen LogP contribution in [0, 0.1) is 0 Å². The lowest BCUT2D eigenvalue weighted by Gasteiger charge is -2.17. The van der Waals surface area contributed by atoms with Crippen LogP contribution in [0.25, 0.3) is 12.2 Å². The summed E-state index contributed by atoms with van der Waals surface area (Å²) in [5, 5.41) is 5.17. The molecule has 0 radical (unpaired) electrons. The van der Waals surface area contributed by atoms with Crippen molar-refractivity contribution in [2.45, 2.75) is 57.4 Å². The first-order chi connectivity index (χ1) is 10.4. The van der Waals surface area contributed by atoms with Gasteiger partial charge in [-0.15, -0.1) is 11.3 Å². The van der Waals surface area contributed by atoms with Crippen LogP contribution >= 0.6 is 11.3 Å². The predicted octanol–water partition coefficient (Wildman–Crippen LogP) is 3.72. The molecule has 0 amide bonds. The molecule has 5 nitrogen and oxygen atoms in total. The predicted molar refractivity (Wildman–Crippen MR) is 88.4 cm³/mol. The van der Waals surface area contributed by atoms with Crippen molar-refractivity contribution < 1.29 is 4.52 Å². The molecule has 0 bridgehead atoms. The Morgan fingerprint density at radius 3 is 2.64 bits per heavy atom. The number of nitrogens with zero attached hydrogens (tertiary/aromatic N) is 3. The van der Waals surface area contributed by atoms with E-state index in [1.807, 2.05) is 18.3 Å². The average Bonchev–Trinajstić information content (AvgIpc) is 3.16. The summed E-state index contributed by atoms with van der Waals surface area (Å²) >= 11 is 1.68. The first-order valence-corrected chi connectivity index (χ1v) is 8.46. The molecule has 0 unspecified atom stereocenters. The number of hydrogen-bond acceptors (Lipinski definition) is 6. The molecular weight excluding hydrogens is 296 g/mol. The van der Waals surface area contributed by atoms with Gasteiger partial charge in [0.2, 0.25) is 0 Å². The van der Waals surface area contributed by atoms with Gasteiger partial charge in [0.25, 0.3) is 5.89 Å². The monoisotopic (exact) mass is 318 g/mol. The SMILES string of the molecule is CC(C)(C)c1ncc(/C=C/c2nc(C3(N)CCCC3)no2)s1. The Kier molecular flexibility index (Phi) is 3.91. The van der Waals surface area contributed by atoms with Gasteiger partial charge in [0.15, 0.2) is 5.82 Å². The van der Waals surface area contributed by atoms with Crippen LogP contribution in [0.15, 0.2) is 10.7 Å². The minimum atomic E-state index is -0.403. The molecule has 6 heteroatoms. The summed E-state index contributed by atoms with van der Waals surface area (Å²) in [5.41, 5.74) is 6.00. The second-order valence-corrected chi connectivity index (χ2v) is 8.03. The fraction of sp³-hybridized carbons (Fsp3) is 0.562. The maximum Gasteiger partial charge on any atom is 0.250 e. The van der Waals surface area contributed by atoms with Crippen LogP contribution in [0.5, 0.6) is 0 Å². The maximum absolute atomic E-state index is 6.34. The molecule has 0 atom stereocenters. The van der Waals surface area contributed by atoms with Gasteiger partial charge in [0.1, 0.15) is 0 Å².